The molecule has 6 nitrogen and oxygen atoms in total. The molecule has 2 N–H and O–H groups in total. The van der Waals surface area contributed by atoms with E-state index in [1.54, 1.807) is 6.92 Å². The van der Waals surface area contributed by atoms with E-state index in [4.69, 9.17) is 4.74 Å². The molecule has 0 radical (unpaired) electrons. The standard InChI is InChI=1S/C14H17N3O3S/c1-7-10-12(17-8(2)9-4-3-5-20-9)15-6-16-13(10)21-11(7)14(18)19/h6,8-9H,3-5H2,1-2H3,(H,18,19)(H,15,16,17). The largest absolute Gasteiger partial charge is 0.477 e. The molecule has 1 aliphatic rings. The van der Waals surface area contributed by atoms with Crippen molar-refractivity contribution in [1.29, 1.82) is 0 Å². The summed E-state index contributed by atoms with van der Waals surface area (Å²) >= 11 is 1.18. The molecule has 2 aromatic rings. The van der Waals surface area contributed by atoms with Gasteiger partial charge in [-0.3, -0.25) is 0 Å². The number of fused-ring (bicyclic) bond motifs is 1. The quantitative estimate of drug-likeness (QED) is 0.903. The molecule has 112 valence electrons. The molecule has 0 spiro atoms. The summed E-state index contributed by atoms with van der Waals surface area (Å²) in [7, 11) is 0. The molecule has 3 heterocycles. The number of aryl methyl sites for hydroxylation is 1. The number of nitrogens with zero attached hydrogens (tertiary/aromatic N) is 2. The number of carboxylic acids is 1. The number of aromatic carboxylic acids is 1. The van der Waals surface area contributed by atoms with E-state index in [0.29, 0.717) is 21.1 Å². The van der Waals surface area contributed by atoms with Crippen molar-refractivity contribution in [3.63, 3.8) is 0 Å². The lowest BCUT2D eigenvalue weighted by atomic mass is 10.1. The molecule has 1 fully saturated rings. The number of nitrogens with one attached hydrogen (secondary N) is 1. The summed E-state index contributed by atoms with van der Waals surface area (Å²) in [6, 6.07) is 0.123. The number of carboxylic acid groups (broad SMARTS) is 1. The van der Waals surface area contributed by atoms with Gasteiger partial charge in [0, 0.05) is 6.61 Å². The number of hydrogen-bond donors (Lipinski definition) is 2. The summed E-state index contributed by atoms with van der Waals surface area (Å²) in [4.78, 5) is 20.7. The maximum Gasteiger partial charge on any atom is 0.346 e. The minimum absolute atomic E-state index is 0.123. The maximum atomic E-state index is 11.3. The minimum atomic E-state index is -0.923. The van der Waals surface area contributed by atoms with Gasteiger partial charge in [0.1, 0.15) is 21.9 Å². The molecule has 0 aliphatic carbocycles. The van der Waals surface area contributed by atoms with Crippen molar-refractivity contribution in [3.8, 4) is 0 Å². The molecular weight excluding hydrogens is 290 g/mol. The lowest BCUT2D eigenvalue weighted by Crippen LogP contribution is -2.30. The third-order valence-electron chi connectivity index (χ3n) is 3.81. The zero-order valence-corrected chi connectivity index (χ0v) is 12.7. The van der Waals surface area contributed by atoms with Gasteiger partial charge in [0.15, 0.2) is 0 Å². The number of thiophene rings is 1. The summed E-state index contributed by atoms with van der Waals surface area (Å²) in [6.07, 6.45) is 3.75. The lowest BCUT2D eigenvalue weighted by molar-refractivity contribution is 0.0701. The first kappa shape index (κ1) is 14.2. The van der Waals surface area contributed by atoms with Gasteiger partial charge in [-0.05, 0) is 32.3 Å². The topological polar surface area (TPSA) is 84.3 Å². The van der Waals surface area contributed by atoms with Crippen molar-refractivity contribution in [3.05, 3.63) is 16.8 Å². The molecule has 21 heavy (non-hydrogen) atoms. The smallest absolute Gasteiger partial charge is 0.346 e. The van der Waals surface area contributed by atoms with Crippen molar-refractivity contribution in [2.45, 2.75) is 38.8 Å². The van der Waals surface area contributed by atoms with E-state index in [9.17, 15) is 9.90 Å². The van der Waals surface area contributed by atoms with E-state index in [1.165, 1.54) is 17.7 Å². The Morgan fingerprint density at radius 2 is 2.38 bits per heavy atom. The van der Waals surface area contributed by atoms with Crippen LogP contribution < -0.4 is 5.32 Å². The average molecular weight is 307 g/mol. The first-order chi connectivity index (χ1) is 10.1. The van der Waals surface area contributed by atoms with Crippen LogP contribution in [-0.2, 0) is 4.74 Å². The van der Waals surface area contributed by atoms with E-state index >= 15 is 0 Å². The van der Waals surface area contributed by atoms with Crippen LogP contribution in [-0.4, -0.2) is 39.8 Å². The number of hydrogen-bond acceptors (Lipinski definition) is 6. The Balaban J connectivity index is 1.96. The van der Waals surface area contributed by atoms with Crippen LogP contribution in [0.15, 0.2) is 6.33 Å². The minimum Gasteiger partial charge on any atom is -0.477 e. The van der Waals surface area contributed by atoms with Crippen LogP contribution in [0.5, 0.6) is 0 Å². The van der Waals surface area contributed by atoms with Gasteiger partial charge in [-0.15, -0.1) is 11.3 Å². The van der Waals surface area contributed by atoms with E-state index in [1.807, 2.05) is 0 Å². The summed E-state index contributed by atoms with van der Waals surface area (Å²) in [5.41, 5.74) is 0.713. The zero-order valence-electron chi connectivity index (χ0n) is 11.9. The van der Waals surface area contributed by atoms with Crippen molar-refractivity contribution >= 4 is 33.3 Å². The summed E-state index contributed by atoms with van der Waals surface area (Å²) in [5.74, 6) is -0.238. The van der Waals surface area contributed by atoms with Crippen LogP contribution in [0.2, 0.25) is 0 Å². The average Bonchev–Trinajstić information content (AvgIpc) is 3.07. The van der Waals surface area contributed by atoms with E-state index < -0.39 is 5.97 Å². The molecule has 2 atom stereocenters. The number of rotatable bonds is 4. The number of carbonyl (C=O) groups is 1. The molecule has 1 aliphatic heterocycles. The highest BCUT2D eigenvalue weighted by molar-refractivity contribution is 7.20. The van der Waals surface area contributed by atoms with Crippen LogP contribution in [0.3, 0.4) is 0 Å². The van der Waals surface area contributed by atoms with Gasteiger partial charge >= 0.3 is 5.97 Å². The Labute approximate surface area is 126 Å². The van der Waals surface area contributed by atoms with E-state index in [2.05, 4.69) is 22.2 Å². The maximum absolute atomic E-state index is 11.3. The summed E-state index contributed by atoms with van der Waals surface area (Å²) < 4.78 is 5.68. The first-order valence-corrected chi connectivity index (χ1v) is 7.75. The Morgan fingerprint density at radius 1 is 1.57 bits per heavy atom. The van der Waals surface area contributed by atoms with E-state index in [0.717, 1.165) is 24.8 Å². The lowest BCUT2D eigenvalue weighted by Gasteiger charge is -2.20. The highest BCUT2D eigenvalue weighted by Crippen LogP contribution is 2.33. The first-order valence-electron chi connectivity index (χ1n) is 6.93. The van der Waals surface area contributed by atoms with Crippen molar-refractivity contribution in [2.24, 2.45) is 0 Å². The second-order valence-corrected chi connectivity index (χ2v) is 6.25. The monoisotopic (exact) mass is 307 g/mol. The fourth-order valence-corrected chi connectivity index (χ4v) is 3.68. The van der Waals surface area contributed by atoms with Crippen molar-refractivity contribution in [2.75, 3.05) is 11.9 Å². The molecule has 2 unspecified atom stereocenters. The molecule has 1 saturated heterocycles. The van der Waals surface area contributed by atoms with Gasteiger partial charge in [-0.1, -0.05) is 0 Å². The normalized spacial score (nSPS) is 19.8. The van der Waals surface area contributed by atoms with Gasteiger partial charge in [-0.2, -0.15) is 0 Å². The van der Waals surface area contributed by atoms with Crippen LogP contribution in [0, 0.1) is 6.92 Å². The predicted octanol–water partition coefficient (Wildman–Crippen LogP) is 2.68. The fourth-order valence-electron chi connectivity index (χ4n) is 2.69. The van der Waals surface area contributed by atoms with Crippen molar-refractivity contribution in [1.82, 2.24) is 9.97 Å². The van der Waals surface area contributed by atoms with Gasteiger partial charge in [0.2, 0.25) is 0 Å². The third kappa shape index (κ3) is 2.58. The number of aromatic nitrogens is 2. The van der Waals surface area contributed by atoms with Crippen LogP contribution in [0.25, 0.3) is 10.2 Å². The van der Waals surface area contributed by atoms with Gasteiger partial charge in [0.05, 0.1) is 17.5 Å². The summed E-state index contributed by atoms with van der Waals surface area (Å²) in [6.45, 7) is 4.66. The molecule has 2 aromatic heterocycles. The van der Waals surface area contributed by atoms with Crippen LogP contribution in [0.1, 0.15) is 35.0 Å². The molecular formula is C14H17N3O3S. The Kier molecular flexibility index (Phi) is 3.77. The van der Waals surface area contributed by atoms with Gasteiger partial charge in [-0.25, -0.2) is 14.8 Å². The molecule has 0 aromatic carbocycles. The van der Waals surface area contributed by atoms with Gasteiger partial charge < -0.3 is 15.2 Å². The SMILES string of the molecule is Cc1c(C(=O)O)sc2ncnc(NC(C)C3CCCO3)c12. The molecule has 3 rings (SSSR count). The molecule has 7 heteroatoms. The number of anilines is 1. The second-order valence-electron chi connectivity index (χ2n) is 5.25. The Hall–Kier alpha value is -1.73. The fraction of sp³-hybridized carbons (Fsp3) is 0.500. The highest BCUT2D eigenvalue weighted by atomic mass is 32.1. The predicted molar refractivity (Wildman–Crippen MR) is 81.2 cm³/mol. The number of ether oxygens (including phenoxy) is 1. The molecule has 0 amide bonds. The highest BCUT2D eigenvalue weighted by Gasteiger charge is 2.24. The molecule has 0 saturated carbocycles. The van der Waals surface area contributed by atoms with Crippen LogP contribution >= 0.6 is 11.3 Å². The van der Waals surface area contributed by atoms with E-state index in [-0.39, 0.29) is 12.1 Å². The third-order valence-corrected chi connectivity index (χ3v) is 5.00. The van der Waals surface area contributed by atoms with Crippen molar-refractivity contribution < 1.29 is 14.6 Å². The zero-order chi connectivity index (χ0) is 15.0. The molecule has 0 bridgehead atoms. The van der Waals surface area contributed by atoms with Gasteiger partial charge in [0.25, 0.3) is 0 Å². The summed E-state index contributed by atoms with van der Waals surface area (Å²) in [5, 5.41) is 13.4. The second kappa shape index (κ2) is 5.57. The van der Waals surface area contributed by atoms with Crippen LogP contribution in [0.4, 0.5) is 5.82 Å². The Morgan fingerprint density at radius 3 is 3.05 bits per heavy atom. The Bertz CT molecular complexity index is 679.